The zero-order valence-corrected chi connectivity index (χ0v) is 20.2. The second-order valence-electron chi connectivity index (χ2n) is 7.94. The molecule has 0 aliphatic heterocycles. The summed E-state index contributed by atoms with van der Waals surface area (Å²) in [6.45, 7) is 2.67. The number of carboxylic acids is 1. The Morgan fingerprint density at radius 3 is 1.35 bits per heavy atom. The van der Waals surface area contributed by atoms with Gasteiger partial charge in [0.25, 0.3) is 10.0 Å². The van der Waals surface area contributed by atoms with E-state index in [-0.39, 0.29) is 6.42 Å². The molecule has 0 aliphatic carbocycles. The number of halogens is 17. The van der Waals surface area contributed by atoms with Crippen LogP contribution in [0.25, 0.3) is 0 Å². The lowest BCUT2D eigenvalue weighted by atomic mass is 9.91. The third-order valence-electron chi connectivity index (χ3n) is 5.27. The minimum Gasteiger partial charge on any atom is -0.478 e. The second kappa shape index (κ2) is 10.6. The maximum absolute atomic E-state index is 14.5. The van der Waals surface area contributed by atoms with E-state index in [1.807, 2.05) is 0 Å². The summed E-state index contributed by atoms with van der Waals surface area (Å²) >= 11 is 0. The summed E-state index contributed by atoms with van der Waals surface area (Å²) in [4.78, 5) is 11.0. The van der Waals surface area contributed by atoms with E-state index in [1.54, 1.807) is 0 Å². The predicted molar refractivity (Wildman–Crippen MR) is 97.5 cm³/mol. The monoisotopic (exact) mass is 653 g/mol. The van der Waals surface area contributed by atoms with E-state index in [1.165, 1.54) is 0 Å². The maximum atomic E-state index is 14.5. The van der Waals surface area contributed by atoms with Crippen molar-refractivity contribution in [2.75, 3.05) is 6.54 Å². The summed E-state index contributed by atoms with van der Waals surface area (Å²) in [5.41, 5.74) is -1.43. The molecule has 0 saturated carbocycles. The lowest BCUT2D eigenvalue weighted by Gasteiger charge is -2.43. The molecule has 40 heavy (non-hydrogen) atoms. The van der Waals surface area contributed by atoms with Gasteiger partial charge in [-0.15, -0.1) is 0 Å². The summed E-state index contributed by atoms with van der Waals surface area (Å²) in [7, 11) is -7.63. The standard InChI is InChI=1S/C17H16F17NO4S/c1-4-5-6-35(8(3)7(2)9(36)37)40(38,39)17(33,34)15(28,29)13(24,25)11(20,21)10(18,19)12(22,23)14(26,27)16(30,31)32/h8H,2,4-6H2,1,3H3,(H,36,37). The van der Waals surface area contributed by atoms with Crippen LogP contribution >= 0.6 is 0 Å². The van der Waals surface area contributed by atoms with Crippen LogP contribution in [0.2, 0.25) is 0 Å². The van der Waals surface area contributed by atoms with E-state index >= 15 is 0 Å². The van der Waals surface area contributed by atoms with Crippen LogP contribution in [0.4, 0.5) is 74.6 Å². The molecule has 0 saturated heterocycles. The maximum Gasteiger partial charge on any atom is 0.460 e. The lowest BCUT2D eigenvalue weighted by Crippen LogP contribution is -2.75. The van der Waals surface area contributed by atoms with Gasteiger partial charge in [-0.3, -0.25) is 0 Å². The van der Waals surface area contributed by atoms with E-state index in [2.05, 4.69) is 6.58 Å². The Labute approximate surface area is 212 Å². The van der Waals surface area contributed by atoms with Crippen LogP contribution in [0.5, 0.6) is 0 Å². The molecule has 0 radical (unpaired) electrons. The first-order valence-electron chi connectivity index (χ1n) is 9.86. The molecule has 0 fully saturated rings. The minimum absolute atomic E-state index is 0.247. The van der Waals surface area contributed by atoms with Gasteiger partial charge in [-0.1, -0.05) is 19.9 Å². The van der Waals surface area contributed by atoms with Crippen LogP contribution in [-0.4, -0.2) is 83.4 Å². The number of carbonyl (C=O) groups is 1. The quantitative estimate of drug-likeness (QED) is 0.174. The Hall–Kier alpha value is -2.07. The molecule has 0 aromatic carbocycles. The first-order chi connectivity index (χ1) is 17.2. The summed E-state index contributed by atoms with van der Waals surface area (Å²) in [5.74, 6) is -54.5. The van der Waals surface area contributed by atoms with Gasteiger partial charge in [0.1, 0.15) is 0 Å². The molecule has 0 rings (SSSR count). The fourth-order valence-corrected chi connectivity index (χ4v) is 4.31. The van der Waals surface area contributed by atoms with Crippen LogP contribution in [0.15, 0.2) is 12.2 Å². The number of nitrogens with zero attached hydrogens (tertiary/aromatic N) is 1. The molecule has 1 unspecified atom stereocenters. The molecular weight excluding hydrogens is 637 g/mol. The second-order valence-corrected chi connectivity index (χ2v) is 9.87. The van der Waals surface area contributed by atoms with E-state index in [4.69, 9.17) is 5.11 Å². The van der Waals surface area contributed by atoms with Gasteiger partial charge >= 0.3 is 52.9 Å². The van der Waals surface area contributed by atoms with E-state index < -0.39 is 91.8 Å². The number of alkyl halides is 17. The first-order valence-corrected chi connectivity index (χ1v) is 11.3. The highest BCUT2D eigenvalue weighted by Gasteiger charge is 2.96. The topological polar surface area (TPSA) is 74.7 Å². The Morgan fingerprint density at radius 2 is 1.05 bits per heavy atom. The summed E-state index contributed by atoms with van der Waals surface area (Å²) in [6.07, 6.45) is -8.85. The fraction of sp³-hybridized carbons (Fsp3) is 0.824. The average Bonchev–Trinajstić information content (AvgIpc) is 2.76. The first kappa shape index (κ1) is 37.9. The molecule has 1 N–H and O–H groups in total. The van der Waals surface area contributed by atoms with Gasteiger partial charge in [0.15, 0.2) is 0 Å². The van der Waals surface area contributed by atoms with Crippen molar-refractivity contribution >= 4 is 16.0 Å². The number of hydrogen-bond acceptors (Lipinski definition) is 3. The van der Waals surface area contributed by atoms with Crippen molar-refractivity contribution in [3.05, 3.63) is 12.2 Å². The van der Waals surface area contributed by atoms with Crippen LogP contribution < -0.4 is 0 Å². The predicted octanol–water partition coefficient (Wildman–Crippen LogP) is 6.41. The molecule has 5 nitrogen and oxygen atoms in total. The van der Waals surface area contributed by atoms with Gasteiger partial charge in [0, 0.05) is 12.1 Å². The summed E-state index contributed by atoms with van der Waals surface area (Å²) in [6, 6.07) is -2.58. The van der Waals surface area contributed by atoms with Crippen LogP contribution in [0.3, 0.4) is 0 Å². The van der Waals surface area contributed by atoms with Crippen molar-refractivity contribution in [1.82, 2.24) is 4.31 Å². The highest BCUT2D eigenvalue weighted by Crippen LogP contribution is 2.64. The van der Waals surface area contributed by atoms with Crippen molar-refractivity contribution in [3.63, 3.8) is 0 Å². The van der Waals surface area contributed by atoms with Gasteiger partial charge in [-0.25, -0.2) is 13.2 Å². The van der Waals surface area contributed by atoms with Gasteiger partial charge in [0.05, 0.1) is 6.04 Å². The smallest absolute Gasteiger partial charge is 0.460 e. The lowest BCUT2D eigenvalue weighted by molar-refractivity contribution is -0.458. The Balaban J connectivity index is 7.25. The molecule has 0 aromatic rings. The molecule has 0 spiro atoms. The summed E-state index contributed by atoms with van der Waals surface area (Å²) in [5, 5.41) is 1.04. The Bertz CT molecular complexity index is 1070. The zero-order chi connectivity index (χ0) is 32.9. The van der Waals surface area contributed by atoms with Crippen molar-refractivity contribution in [1.29, 1.82) is 0 Å². The largest absolute Gasteiger partial charge is 0.478 e. The molecular formula is C17H16F17NO4S. The van der Waals surface area contributed by atoms with E-state index in [9.17, 15) is 87.8 Å². The highest BCUT2D eigenvalue weighted by molar-refractivity contribution is 7.90. The normalized spacial score (nSPS) is 16.3. The van der Waals surface area contributed by atoms with Crippen molar-refractivity contribution in [3.8, 4) is 0 Å². The van der Waals surface area contributed by atoms with E-state index in [0.29, 0.717) is 6.92 Å². The molecule has 0 amide bonds. The zero-order valence-electron chi connectivity index (χ0n) is 19.4. The molecule has 0 heterocycles. The number of hydrogen-bond donors (Lipinski definition) is 1. The van der Waals surface area contributed by atoms with Gasteiger partial charge in [-0.05, 0) is 13.3 Å². The number of sulfonamides is 1. The van der Waals surface area contributed by atoms with Crippen LogP contribution in [0, 0.1) is 0 Å². The molecule has 23 heteroatoms. The van der Waals surface area contributed by atoms with Crippen LogP contribution in [-0.2, 0) is 14.8 Å². The SMILES string of the molecule is C=C(C(=O)O)C(C)N(CCCC)S(=O)(=O)C(F)(F)C(F)(F)C(F)(F)C(F)(F)C(F)(F)C(F)(F)C(F)(F)C(F)(F)F. The number of carboxylic acid groups (broad SMARTS) is 1. The highest BCUT2D eigenvalue weighted by atomic mass is 32.2. The summed E-state index contributed by atoms with van der Waals surface area (Å²) < 4.78 is 252. The molecule has 1 atom stereocenters. The Morgan fingerprint density at radius 1 is 0.725 bits per heavy atom. The van der Waals surface area contributed by atoms with Gasteiger partial charge in [0.2, 0.25) is 0 Å². The molecule has 0 aliphatic rings. The van der Waals surface area contributed by atoms with Crippen molar-refractivity contribution < 1.29 is 93.0 Å². The van der Waals surface area contributed by atoms with E-state index in [0.717, 1.165) is 6.92 Å². The molecule has 238 valence electrons. The molecule has 0 aromatic heterocycles. The van der Waals surface area contributed by atoms with Gasteiger partial charge in [-0.2, -0.15) is 78.9 Å². The third-order valence-corrected chi connectivity index (χ3v) is 7.29. The number of rotatable bonds is 14. The fourth-order valence-electron chi connectivity index (χ4n) is 2.65. The molecule has 0 bridgehead atoms. The van der Waals surface area contributed by atoms with Crippen molar-refractivity contribution in [2.24, 2.45) is 0 Å². The van der Waals surface area contributed by atoms with Gasteiger partial charge < -0.3 is 5.11 Å². The number of aliphatic carboxylic acids is 1. The van der Waals surface area contributed by atoms with Crippen molar-refractivity contribution in [2.45, 2.75) is 79.7 Å². The Kier molecular flexibility index (Phi) is 10.1. The average molecular weight is 653 g/mol. The number of unbranched alkanes of at least 4 members (excludes halogenated alkanes) is 1. The van der Waals surface area contributed by atoms with Crippen LogP contribution in [0.1, 0.15) is 26.7 Å². The third kappa shape index (κ3) is 5.19. The minimum atomic E-state index is -8.95.